The Morgan fingerprint density at radius 3 is 2.52 bits per heavy atom. The van der Waals surface area contributed by atoms with Gasteiger partial charge in [0.25, 0.3) is 0 Å². The first-order valence-corrected chi connectivity index (χ1v) is 7.93. The van der Waals surface area contributed by atoms with E-state index in [2.05, 4.69) is 62.8 Å². The summed E-state index contributed by atoms with van der Waals surface area (Å²) in [5.41, 5.74) is 7.69. The van der Waals surface area contributed by atoms with Crippen molar-refractivity contribution >= 4 is 0 Å². The Kier molecular flexibility index (Phi) is 5.18. The number of hydrogen-bond acceptors (Lipinski definition) is 2. The molecular weight excluding hydrogens is 258 g/mol. The van der Waals surface area contributed by atoms with Crippen LogP contribution in [0.25, 0.3) is 11.1 Å². The first-order chi connectivity index (χ1) is 10.1. The van der Waals surface area contributed by atoms with Gasteiger partial charge in [-0.05, 0) is 50.4 Å². The summed E-state index contributed by atoms with van der Waals surface area (Å²) < 4.78 is 2.14. The molecule has 2 rings (SSSR count). The second kappa shape index (κ2) is 6.90. The van der Waals surface area contributed by atoms with E-state index < -0.39 is 0 Å². The maximum Gasteiger partial charge on any atom is 0.0675 e. The number of benzene rings is 1. The first kappa shape index (κ1) is 15.8. The predicted octanol–water partition coefficient (Wildman–Crippen LogP) is 3.99. The molecule has 0 saturated carbocycles. The molecule has 114 valence electrons. The molecule has 0 bridgehead atoms. The van der Waals surface area contributed by atoms with Gasteiger partial charge in [0.2, 0.25) is 0 Å². The topological polar surface area (TPSA) is 29.9 Å². The minimum Gasteiger partial charge on any atom is -0.313 e. The van der Waals surface area contributed by atoms with E-state index in [9.17, 15) is 0 Å². The van der Waals surface area contributed by atoms with Gasteiger partial charge in [0.05, 0.1) is 5.69 Å². The number of hydrogen-bond donors (Lipinski definition) is 1. The number of nitrogens with one attached hydrogen (secondary N) is 1. The zero-order valence-corrected chi connectivity index (χ0v) is 14.0. The van der Waals surface area contributed by atoms with Gasteiger partial charge in [0, 0.05) is 24.3 Å². The summed E-state index contributed by atoms with van der Waals surface area (Å²) in [7, 11) is 0. The second-order valence-corrected chi connectivity index (χ2v) is 5.70. The van der Waals surface area contributed by atoms with Crippen LogP contribution in [0.1, 0.15) is 42.8 Å². The van der Waals surface area contributed by atoms with E-state index in [1.165, 1.54) is 27.9 Å². The van der Waals surface area contributed by atoms with Crippen molar-refractivity contribution in [3.8, 4) is 11.1 Å². The van der Waals surface area contributed by atoms with Crippen LogP contribution < -0.4 is 5.32 Å². The fourth-order valence-corrected chi connectivity index (χ4v) is 2.90. The Labute approximate surface area is 128 Å². The molecule has 0 atom stereocenters. The zero-order valence-electron chi connectivity index (χ0n) is 14.0. The highest BCUT2D eigenvalue weighted by molar-refractivity contribution is 5.72. The van der Waals surface area contributed by atoms with Crippen molar-refractivity contribution in [2.45, 2.75) is 54.1 Å². The Hall–Kier alpha value is -1.61. The average molecular weight is 285 g/mol. The average Bonchev–Trinajstić information content (AvgIpc) is 2.72. The SMILES string of the molecule is CCCn1nc(C)c(-c2ccc(CNCC)cc2C)c1C. The lowest BCUT2D eigenvalue weighted by Crippen LogP contribution is -2.11. The molecular formula is C18H27N3. The normalized spacial score (nSPS) is 11.1. The van der Waals surface area contributed by atoms with E-state index >= 15 is 0 Å². The van der Waals surface area contributed by atoms with Crippen LogP contribution in [0.3, 0.4) is 0 Å². The highest BCUT2D eigenvalue weighted by Crippen LogP contribution is 2.30. The Balaban J connectivity index is 2.38. The van der Waals surface area contributed by atoms with Crippen molar-refractivity contribution in [1.82, 2.24) is 15.1 Å². The van der Waals surface area contributed by atoms with Gasteiger partial charge < -0.3 is 5.32 Å². The van der Waals surface area contributed by atoms with Crippen molar-refractivity contribution in [3.05, 3.63) is 40.7 Å². The number of nitrogens with zero attached hydrogens (tertiary/aromatic N) is 2. The zero-order chi connectivity index (χ0) is 15.4. The van der Waals surface area contributed by atoms with Crippen molar-refractivity contribution in [3.63, 3.8) is 0 Å². The van der Waals surface area contributed by atoms with Crippen LogP contribution in [0.15, 0.2) is 18.2 Å². The molecule has 0 spiro atoms. The number of aryl methyl sites for hydroxylation is 3. The minimum atomic E-state index is 0.935. The minimum absolute atomic E-state index is 0.935. The third-order valence-electron chi connectivity index (χ3n) is 3.96. The summed E-state index contributed by atoms with van der Waals surface area (Å²) in [6, 6.07) is 6.75. The maximum atomic E-state index is 4.69. The molecule has 21 heavy (non-hydrogen) atoms. The molecule has 3 heteroatoms. The lowest BCUT2D eigenvalue weighted by Gasteiger charge is -2.10. The molecule has 0 aliphatic heterocycles. The van der Waals surface area contributed by atoms with Gasteiger partial charge in [-0.3, -0.25) is 4.68 Å². The Bertz CT molecular complexity index is 611. The van der Waals surface area contributed by atoms with E-state index in [1.54, 1.807) is 0 Å². The van der Waals surface area contributed by atoms with Crippen molar-refractivity contribution in [1.29, 1.82) is 0 Å². The Morgan fingerprint density at radius 1 is 1.14 bits per heavy atom. The third kappa shape index (κ3) is 3.35. The molecule has 1 heterocycles. The molecule has 1 N–H and O–H groups in total. The molecule has 1 aromatic carbocycles. The Morgan fingerprint density at radius 2 is 1.90 bits per heavy atom. The number of aromatic nitrogens is 2. The second-order valence-electron chi connectivity index (χ2n) is 5.70. The van der Waals surface area contributed by atoms with Crippen LogP contribution in [0.4, 0.5) is 0 Å². The summed E-state index contributed by atoms with van der Waals surface area (Å²) in [6.45, 7) is 13.7. The summed E-state index contributed by atoms with van der Waals surface area (Å²) in [6.07, 6.45) is 1.11. The smallest absolute Gasteiger partial charge is 0.0675 e. The van der Waals surface area contributed by atoms with Crippen LogP contribution in [-0.4, -0.2) is 16.3 Å². The molecule has 0 amide bonds. The fraction of sp³-hybridized carbons (Fsp3) is 0.500. The van der Waals surface area contributed by atoms with Gasteiger partial charge in [-0.1, -0.05) is 32.0 Å². The fourth-order valence-electron chi connectivity index (χ4n) is 2.90. The van der Waals surface area contributed by atoms with E-state index in [0.29, 0.717) is 0 Å². The molecule has 0 aliphatic carbocycles. The van der Waals surface area contributed by atoms with Crippen LogP contribution in [-0.2, 0) is 13.1 Å². The van der Waals surface area contributed by atoms with Crippen LogP contribution in [0.2, 0.25) is 0 Å². The van der Waals surface area contributed by atoms with Gasteiger partial charge in [-0.25, -0.2) is 0 Å². The molecule has 0 unspecified atom stereocenters. The standard InChI is InChI=1S/C18H27N3/c1-6-10-21-15(5)18(14(4)20-21)17-9-8-16(11-13(17)3)12-19-7-2/h8-9,11,19H,6-7,10,12H2,1-5H3. The summed E-state index contributed by atoms with van der Waals surface area (Å²) in [5.74, 6) is 0. The van der Waals surface area contributed by atoms with Gasteiger partial charge in [0.1, 0.15) is 0 Å². The van der Waals surface area contributed by atoms with Crippen LogP contribution >= 0.6 is 0 Å². The van der Waals surface area contributed by atoms with Gasteiger partial charge in [0.15, 0.2) is 0 Å². The molecule has 0 saturated heterocycles. The lowest BCUT2D eigenvalue weighted by atomic mass is 9.97. The maximum absolute atomic E-state index is 4.69. The molecule has 2 aromatic rings. The number of rotatable bonds is 6. The van der Waals surface area contributed by atoms with E-state index in [4.69, 9.17) is 5.10 Å². The van der Waals surface area contributed by atoms with Gasteiger partial charge in [-0.2, -0.15) is 5.10 Å². The first-order valence-electron chi connectivity index (χ1n) is 7.93. The largest absolute Gasteiger partial charge is 0.313 e. The highest BCUT2D eigenvalue weighted by atomic mass is 15.3. The molecule has 3 nitrogen and oxygen atoms in total. The predicted molar refractivity (Wildman–Crippen MR) is 89.5 cm³/mol. The quantitative estimate of drug-likeness (QED) is 0.869. The van der Waals surface area contributed by atoms with E-state index in [1.807, 2.05) is 0 Å². The summed E-state index contributed by atoms with van der Waals surface area (Å²) in [4.78, 5) is 0. The van der Waals surface area contributed by atoms with Crippen LogP contribution in [0, 0.1) is 20.8 Å². The van der Waals surface area contributed by atoms with Gasteiger partial charge in [-0.15, -0.1) is 0 Å². The van der Waals surface area contributed by atoms with Crippen molar-refractivity contribution in [2.75, 3.05) is 6.54 Å². The molecule has 0 aliphatic rings. The van der Waals surface area contributed by atoms with Gasteiger partial charge >= 0.3 is 0 Å². The summed E-state index contributed by atoms with van der Waals surface area (Å²) in [5, 5.41) is 8.07. The van der Waals surface area contributed by atoms with Crippen molar-refractivity contribution < 1.29 is 0 Å². The lowest BCUT2D eigenvalue weighted by molar-refractivity contribution is 0.583. The third-order valence-corrected chi connectivity index (χ3v) is 3.96. The van der Waals surface area contributed by atoms with E-state index in [0.717, 1.165) is 31.7 Å². The summed E-state index contributed by atoms with van der Waals surface area (Å²) >= 11 is 0. The molecule has 0 fully saturated rings. The van der Waals surface area contributed by atoms with Crippen molar-refractivity contribution in [2.24, 2.45) is 0 Å². The monoisotopic (exact) mass is 285 g/mol. The highest BCUT2D eigenvalue weighted by Gasteiger charge is 2.14. The molecule has 1 aromatic heterocycles. The van der Waals surface area contributed by atoms with E-state index in [-0.39, 0.29) is 0 Å². The molecule has 0 radical (unpaired) electrons. The van der Waals surface area contributed by atoms with Crippen LogP contribution in [0.5, 0.6) is 0 Å².